The number of ether oxygens (including phenoxy) is 1. The zero-order chi connectivity index (χ0) is 17.6. The van der Waals surface area contributed by atoms with Gasteiger partial charge in [0.1, 0.15) is 18.2 Å². The zero-order valence-electron chi connectivity index (χ0n) is 12.9. The van der Waals surface area contributed by atoms with E-state index in [0.717, 1.165) is 5.56 Å². The number of thioether (sulfide) groups is 1. The van der Waals surface area contributed by atoms with E-state index in [4.69, 9.17) is 16.3 Å². The van der Waals surface area contributed by atoms with Gasteiger partial charge in [-0.15, -0.1) is 5.10 Å². The lowest BCUT2D eigenvalue weighted by Gasteiger charge is -2.07. The third kappa shape index (κ3) is 5.04. The van der Waals surface area contributed by atoms with Crippen molar-refractivity contribution in [2.75, 3.05) is 5.75 Å². The Labute approximate surface area is 152 Å². The lowest BCUT2D eigenvalue weighted by atomic mass is 10.2. The van der Waals surface area contributed by atoms with E-state index in [2.05, 4.69) is 15.5 Å². The molecule has 0 atom stereocenters. The summed E-state index contributed by atoms with van der Waals surface area (Å²) in [4.78, 5) is 11.0. The van der Waals surface area contributed by atoms with E-state index >= 15 is 0 Å². The summed E-state index contributed by atoms with van der Waals surface area (Å²) in [6.07, 6.45) is 1.57. The molecule has 5 nitrogen and oxygen atoms in total. The van der Waals surface area contributed by atoms with Crippen molar-refractivity contribution in [3.63, 3.8) is 0 Å². The Bertz CT molecular complexity index is 840. The molecule has 1 amide bonds. The second kappa shape index (κ2) is 8.13. The summed E-state index contributed by atoms with van der Waals surface area (Å²) in [5.74, 6) is 0.510. The van der Waals surface area contributed by atoms with Crippen molar-refractivity contribution in [2.45, 2.75) is 6.61 Å². The Morgan fingerprint density at radius 3 is 2.76 bits per heavy atom. The van der Waals surface area contributed by atoms with Gasteiger partial charge in [0.25, 0.3) is 0 Å². The number of nitrogens with zero attached hydrogens (tertiary/aromatic N) is 2. The molecule has 1 aliphatic rings. The van der Waals surface area contributed by atoms with Gasteiger partial charge in [-0.3, -0.25) is 4.79 Å². The van der Waals surface area contributed by atoms with E-state index in [1.54, 1.807) is 42.6 Å². The highest BCUT2D eigenvalue weighted by atomic mass is 35.5. The molecule has 3 rings (SSSR count). The largest absolute Gasteiger partial charge is 0.489 e. The molecule has 0 saturated carbocycles. The molecular weight excluding hydrogens is 365 g/mol. The number of amides is 1. The first kappa shape index (κ1) is 17.4. The van der Waals surface area contributed by atoms with Crippen molar-refractivity contribution in [3.8, 4) is 5.75 Å². The summed E-state index contributed by atoms with van der Waals surface area (Å²) in [5.41, 5.74) is 1.26. The highest BCUT2D eigenvalue weighted by molar-refractivity contribution is 8.15. The SMILES string of the molecule is O=C1CSC(=NN=Cc2ccc(OCc3ccc(Cl)cc3F)cc2)N1. The summed E-state index contributed by atoms with van der Waals surface area (Å²) < 4.78 is 19.2. The van der Waals surface area contributed by atoms with Crippen LogP contribution in [-0.4, -0.2) is 23.0 Å². The summed E-state index contributed by atoms with van der Waals surface area (Å²) in [6, 6.07) is 11.6. The van der Waals surface area contributed by atoms with Gasteiger partial charge in [-0.25, -0.2) is 4.39 Å². The topological polar surface area (TPSA) is 63.0 Å². The van der Waals surface area contributed by atoms with Gasteiger partial charge >= 0.3 is 0 Å². The number of benzene rings is 2. The fraction of sp³-hybridized carbons (Fsp3) is 0.118. The van der Waals surface area contributed by atoms with Crippen LogP contribution in [0.1, 0.15) is 11.1 Å². The molecule has 0 radical (unpaired) electrons. The number of rotatable bonds is 5. The number of amidine groups is 1. The molecule has 0 unspecified atom stereocenters. The number of halogens is 2. The van der Waals surface area contributed by atoms with E-state index in [-0.39, 0.29) is 12.5 Å². The van der Waals surface area contributed by atoms with E-state index in [1.165, 1.54) is 17.8 Å². The first-order chi connectivity index (χ1) is 12.1. The maximum atomic E-state index is 13.7. The number of carbonyl (C=O) groups excluding carboxylic acids is 1. The average molecular weight is 378 g/mol. The van der Waals surface area contributed by atoms with Gasteiger partial charge in [0.05, 0.1) is 12.0 Å². The van der Waals surface area contributed by atoms with Crippen molar-refractivity contribution in [2.24, 2.45) is 10.2 Å². The van der Waals surface area contributed by atoms with Crippen molar-refractivity contribution >= 4 is 40.7 Å². The Morgan fingerprint density at radius 2 is 2.08 bits per heavy atom. The summed E-state index contributed by atoms with van der Waals surface area (Å²) in [7, 11) is 0. The van der Waals surface area contributed by atoms with Gasteiger partial charge in [-0.1, -0.05) is 29.4 Å². The monoisotopic (exact) mass is 377 g/mol. The Kier molecular flexibility index (Phi) is 5.67. The van der Waals surface area contributed by atoms with Crippen molar-refractivity contribution in [1.29, 1.82) is 0 Å². The van der Waals surface area contributed by atoms with Gasteiger partial charge in [-0.05, 0) is 42.0 Å². The van der Waals surface area contributed by atoms with Crippen LogP contribution in [0.25, 0.3) is 0 Å². The molecule has 0 spiro atoms. The van der Waals surface area contributed by atoms with Crippen LogP contribution in [0.15, 0.2) is 52.7 Å². The van der Waals surface area contributed by atoms with E-state index in [1.807, 2.05) is 0 Å². The number of hydrogen-bond donors (Lipinski definition) is 1. The van der Waals surface area contributed by atoms with E-state index in [0.29, 0.717) is 27.3 Å². The minimum Gasteiger partial charge on any atom is -0.489 e. The maximum absolute atomic E-state index is 13.7. The molecule has 128 valence electrons. The van der Waals surface area contributed by atoms with E-state index < -0.39 is 5.82 Å². The van der Waals surface area contributed by atoms with Gasteiger partial charge in [0.15, 0.2) is 5.17 Å². The maximum Gasteiger partial charge on any atom is 0.236 e. The summed E-state index contributed by atoms with van der Waals surface area (Å²) in [5, 5.41) is 11.3. The van der Waals surface area contributed by atoms with Crippen LogP contribution >= 0.6 is 23.4 Å². The average Bonchev–Trinajstić information content (AvgIpc) is 3.01. The number of hydrogen-bond acceptors (Lipinski definition) is 5. The smallest absolute Gasteiger partial charge is 0.236 e. The molecule has 0 aromatic heterocycles. The van der Waals surface area contributed by atoms with Crippen LogP contribution in [0.5, 0.6) is 5.75 Å². The molecule has 0 bridgehead atoms. The predicted molar refractivity (Wildman–Crippen MR) is 97.8 cm³/mol. The van der Waals surface area contributed by atoms with Gasteiger partial charge in [0, 0.05) is 10.6 Å². The standard InChI is InChI=1S/C17H13ClFN3O2S/c18-13-4-3-12(15(19)7-13)9-24-14-5-1-11(2-6-14)8-20-22-17-21-16(23)10-25-17/h1-8H,9-10H2,(H,21,22,23). The van der Waals surface area contributed by atoms with Crippen LogP contribution in [0, 0.1) is 5.82 Å². The van der Waals surface area contributed by atoms with Gasteiger partial charge in [-0.2, -0.15) is 5.10 Å². The third-order valence-electron chi connectivity index (χ3n) is 3.23. The van der Waals surface area contributed by atoms with Crippen LogP contribution < -0.4 is 10.1 Å². The van der Waals surface area contributed by atoms with Crippen molar-refractivity contribution in [3.05, 3.63) is 64.4 Å². The highest BCUT2D eigenvalue weighted by Crippen LogP contribution is 2.18. The molecule has 2 aromatic rings. The van der Waals surface area contributed by atoms with Crippen molar-refractivity contribution < 1.29 is 13.9 Å². The highest BCUT2D eigenvalue weighted by Gasteiger charge is 2.15. The molecule has 1 heterocycles. The molecule has 25 heavy (non-hydrogen) atoms. The predicted octanol–water partition coefficient (Wildman–Crippen LogP) is 3.61. The first-order valence-electron chi connectivity index (χ1n) is 7.30. The van der Waals surface area contributed by atoms with E-state index in [9.17, 15) is 9.18 Å². The second-order valence-electron chi connectivity index (χ2n) is 5.08. The third-order valence-corrected chi connectivity index (χ3v) is 4.33. The van der Waals surface area contributed by atoms with Crippen LogP contribution in [-0.2, 0) is 11.4 Å². The lowest BCUT2D eigenvalue weighted by molar-refractivity contribution is -0.116. The molecular formula is C17H13ClFN3O2S. The Morgan fingerprint density at radius 1 is 1.28 bits per heavy atom. The Balaban J connectivity index is 1.56. The molecule has 1 N–H and O–H groups in total. The number of nitrogens with one attached hydrogen (secondary N) is 1. The molecule has 0 aliphatic carbocycles. The van der Waals surface area contributed by atoms with Crippen LogP contribution in [0.3, 0.4) is 0 Å². The molecule has 1 fully saturated rings. The van der Waals surface area contributed by atoms with Crippen molar-refractivity contribution in [1.82, 2.24) is 5.32 Å². The molecule has 1 aliphatic heterocycles. The summed E-state index contributed by atoms with van der Waals surface area (Å²) >= 11 is 7.03. The minimum absolute atomic E-state index is 0.0717. The fourth-order valence-corrected chi connectivity index (χ4v) is 2.77. The lowest BCUT2D eigenvalue weighted by Crippen LogP contribution is -2.19. The zero-order valence-corrected chi connectivity index (χ0v) is 14.5. The second-order valence-corrected chi connectivity index (χ2v) is 6.48. The first-order valence-corrected chi connectivity index (χ1v) is 8.67. The molecule has 8 heteroatoms. The fourth-order valence-electron chi connectivity index (χ4n) is 1.98. The quantitative estimate of drug-likeness (QED) is 0.639. The van der Waals surface area contributed by atoms with Crippen LogP contribution in [0.2, 0.25) is 5.02 Å². The summed E-state index contributed by atoms with van der Waals surface area (Å²) in [6.45, 7) is 0.112. The minimum atomic E-state index is -0.396. The van der Waals surface area contributed by atoms with Crippen LogP contribution in [0.4, 0.5) is 4.39 Å². The van der Waals surface area contributed by atoms with Gasteiger partial charge in [0.2, 0.25) is 5.91 Å². The normalized spacial score (nSPS) is 15.8. The Hall–Kier alpha value is -2.38. The number of carbonyl (C=O) groups is 1. The molecule has 2 aromatic carbocycles. The molecule has 1 saturated heterocycles. The van der Waals surface area contributed by atoms with Gasteiger partial charge < -0.3 is 10.1 Å².